The van der Waals surface area contributed by atoms with Gasteiger partial charge in [0.1, 0.15) is 0 Å². The molecule has 0 amide bonds. The van der Waals surface area contributed by atoms with Gasteiger partial charge in [-0.25, -0.2) is 0 Å². The van der Waals surface area contributed by atoms with E-state index in [-0.39, 0.29) is 21.7 Å². The van der Waals surface area contributed by atoms with Crippen molar-refractivity contribution < 1.29 is 18.9 Å². The monoisotopic (exact) mass is 1080 g/mol. The molecule has 0 fully saturated rings. The summed E-state index contributed by atoms with van der Waals surface area (Å²) in [5.74, 6) is 4.36. The molecule has 5 rings (SSSR count). The molecule has 0 aromatic heterocycles. The van der Waals surface area contributed by atoms with E-state index in [1.807, 2.05) is 28.4 Å². The Hall–Kier alpha value is -1.84. The minimum atomic E-state index is 0.0406. The summed E-state index contributed by atoms with van der Waals surface area (Å²) in [6.45, 7) is 28.1. The van der Waals surface area contributed by atoms with Crippen LogP contribution in [-0.4, -0.2) is 88.3 Å². The van der Waals surface area contributed by atoms with Crippen LogP contribution in [0.2, 0.25) is 0 Å². The number of benzene rings is 4. The van der Waals surface area contributed by atoms with Crippen molar-refractivity contribution in [1.82, 2.24) is 0 Å². The molecule has 60 heavy (non-hydrogen) atoms. The summed E-state index contributed by atoms with van der Waals surface area (Å²) in [7, 11) is 7.49. The summed E-state index contributed by atoms with van der Waals surface area (Å²) in [6, 6.07) is 19.5. The molecular formula is C52H72O4Se4. The predicted molar refractivity (Wildman–Crippen MR) is 259 cm³/mol. The van der Waals surface area contributed by atoms with Gasteiger partial charge < -0.3 is 0 Å². The van der Waals surface area contributed by atoms with Crippen LogP contribution in [0.4, 0.5) is 0 Å². The van der Waals surface area contributed by atoms with Crippen LogP contribution in [0, 0.1) is 0 Å². The molecule has 1 aliphatic heterocycles. The van der Waals surface area contributed by atoms with E-state index in [4.69, 9.17) is 18.9 Å². The number of rotatable bonds is 4. The average molecular weight is 1080 g/mol. The minimum absolute atomic E-state index is 0.0406. The number of hydrogen-bond acceptors (Lipinski definition) is 4. The molecule has 0 aliphatic carbocycles. The van der Waals surface area contributed by atoms with E-state index in [1.165, 1.54) is 66.8 Å². The molecule has 1 heterocycles. The third kappa shape index (κ3) is 12.2. The average Bonchev–Trinajstić information content (AvgIpc) is 3.15. The molecule has 4 aromatic rings. The summed E-state index contributed by atoms with van der Waals surface area (Å²) in [6.07, 6.45) is 0. The maximum absolute atomic E-state index is 6.34. The van der Waals surface area contributed by atoms with E-state index in [0.29, 0.717) is 59.8 Å². The van der Waals surface area contributed by atoms with Gasteiger partial charge >= 0.3 is 393 Å². The predicted octanol–water partition coefficient (Wildman–Crippen LogP) is 10.8. The fourth-order valence-electron chi connectivity index (χ4n) is 7.74. The van der Waals surface area contributed by atoms with Crippen molar-refractivity contribution in [1.29, 1.82) is 0 Å². The van der Waals surface area contributed by atoms with Gasteiger partial charge in [-0.2, -0.15) is 0 Å². The van der Waals surface area contributed by atoms with Crippen LogP contribution >= 0.6 is 0 Å². The second kappa shape index (κ2) is 20.3. The maximum atomic E-state index is 6.34. The molecule has 328 valence electrons. The summed E-state index contributed by atoms with van der Waals surface area (Å²) < 4.78 is 25.3. The first kappa shape index (κ1) is 49.2. The zero-order chi connectivity index (χ0) is 44.2. The van der Waals surface area contributed by atoms with E-state index in [1.54, 1.807) is 0 Å². The van der Waals surface area contributed by atoms with Gasteiger partial charge in [0.15, 0.2) is 0 Å². The Balaban J connectivity index is 1.65. The number of methoxy groups -OCH3 is 4. The molecule has 0 radical (unpaired) electrons. The van der Waals surface area contributed by atoms with Crippen molar-refractivity contribution in [2.45, 2.75) is 147 Å². The first-order valence-electron chi connectivity index (χ1n) is 21.2. The van der Waals surface area contributed by atoms with Gasteiger partial charge in [0.2, 0.25) is 0 Å². The van der Waals surface area contributed by atoms with Gasteiger partial charge in [-0.15, -0.1) is 0 Å². The Kier molecular flexibility index (Phi) is 16.7. The second-order valence-corrected chi connectivity index (χ2v) is 28.6. The quantitative estimate of drug-likeness (QED) is 0.191. The number of fused-ring (bicyclic) bond motifs is 8. The fourth-order valence-corrected chi connectivity index (χ4v) is 15.9. The third-order valence-electron chi connectivity index (χ3n) is 11.3. The molecule has 0 spiro atoms. The van der Waals surface area contributed by atoms with E-state index in [0.717, 1.165) is 65.6 Å². The molecule has 0 atom stereocenters. The fraction of sp³-hybridized carbons (Fsp3) is 0.538. The van der Waals surface area contributed by atoms with Crippen LogP contribution in [0.1, 0.15) is 150 Å². The SMILES string of the molecule is COc1c2cc(C(C)(C)C)cc1C[Se]Cc1cc(C(C)(C)C)cc(c1OC)C[Se]Cc1cc(C(C)(C)C)cc(c1OC)C[Se]Cc1cc(C(C)(C)C)cc(c1OC)C[Se]C2. The van der Waals surface area contributed by atoms with Crippen molar-refractivity contribution in [3.05, 3.63) is 115 Å². The van der Waals surface area contributed by atoms with Gasteiger partial charge in [0, 0.05) is 0 Å². The Labute approximate surface area is 389 Å². The zero-order valence-corrected chi connectivity index (χ0v) is 46.4. The summed E-state index contributed by atoms with van der Waals surface area (Å²) >= 11 is 1.23. The molecule has 0 saturated heterocycles. The Morgan fingerprint density at radius 1 is 0.283 bits per heavy atom. The molecular weight excluding hydrogens is 1000 g/mol. The van der Waals surface area contributed by atoms with Crippen molar-refractivity contribution in [3.8, 4) is 23.0 Å². The van der Waals surface area contributed by atoms with Crippen molar-refractivity contribution in [2.24, 2.45) is 0 Å². The van der Waals surface area contributed by atoms with E-state index >= 15 is 0 Å². The molecule has 1 aliphatic rings. The summed E-state index contributed by atoms with van der Waals surface area (Å²) in [5, 5.41) is 8.12. The zero-order valence-electron chi connectivity index (χ0n) is 39.5. The Morgan fingerprint density at radius 2 is 0.417 bits per heavy atom. The number of hydrogen-bond donors (Lipinski definition) is 0. The Bertz CT molecular complexity index is 1710. The Morgan fingerprint density at radius 3 is 0.517 bits per heavy atom. The molecule has 0 saturated carbocycles. The van der Waals surface area contributed by atoms with E-state index < -0.39 is 0 Å². The van der Waals surface area contributed by atoms with E-state index in [2.05, 4.69) is 132 Å². The molecule has 8 heteroatoms. The molecule has 4 aromatic carbocycles. The van der Waals surface area contributed by atoms with Crippen LogP contribution in [0.5, 0.6) is 23.0 Å². The molecule has 0 unspecified atom stereocenters. The topological polar surface area (TPSA) is 36.9 Å². The van der Waals surface area contributed by atoms with E-state index in [9.17, 15) is 0 Å². The standard InChI is InChI=1S/C52H72O4Se4/c1-49(2,3)41-17-33-25-57-27-35-19-42(50(4,5)6)21-37(46(35)54-14)29-59-31-39-23-44(52(10,11)12)24-40(48(39)56-16)32-60-30-38-22-43(51(7,8)9)20-36(47(38)55-15)28-58-26-34(18-41)45(33)53-13/h17-24H,25-32H2,1-16H3. The van der Waals surface area contributed by atoms with Crippen molar-refractivity contribution in [2.75, 3.05) is 28.4 Å². The summed E-state index contributed by atoms with van der Waals surface area (Å²) in [4.78, 5) is 0. The van der Waals surface area contributed by atoms with Gasteiger partial charge in [0.25, 0.3) is 0 Å². The van der Waals surface area contributed by atoms with Crippen molar-refractivity contribution in [3.63, 3.8) is 0 Å². The van der Waals surface area contributed by atoms with Crippen LogP contribution in [0.25, 0.3) is 0 Å². The molecule has 0 N–H and O–H groups in total. The first-order chi connectivity index (χ1) is 28.1. The van der Waals surface area contributed by atoms with Crippen LogP contribution < -0.4 is 18.9 Å². The van der Waals surface area contributed by atoms with Crippen LogP contribution in [0.15, 0.2) is 48.5 Å². The van der Waals surface area contributed by atoms with Crippen LogP contribution in [-0.2, 0) is 64.2 Å². The van der Waals surface area contributed by atoms with Gasteiger partial charge in [-0.1, -0.05) is 0 Å². The normalized spacial score (nSPS) is 15.2. The first-order valence-corrected chi connectivity index (χ1v) is 30.9. The molecule has 4 nitrogen and oxygen atoms in total. The molecule has 8 bridgehead atoms. The van der Waals surface area contributed by atoms with Gasteiger partial charge in [-0.05, 0) is 0 Å². The van der Waals surface area contributed by atoms with Crippen molar-refractivity contribution >= 4 is 59.8 Å². The third-order valence-corrected chi connectivity index (χ3v) is 20.0. The summed E-state index contributed by atoms with van der Waals surface area (Å²) in [5.41, 5.74) is 16.5. The second-order valence-electron chi connectivity index (χ2n) is 20.3. The van der Waals surface area contributed by atoms with Gasteiger partial charge in [0.05, 0.1) is 0 Å². The van der Waals surface area contributed by atoms with Gasteiger partial charge in [-0.3, -0.25) is 0 Å². The van der Waals surface area contributed by atoms with Crippen LogP contribution in [0.3, 0.4) is 0 Å². The number of ether oxygens (including phenoxy) is 4.